The van der Waals surface area contributed by atoms with Gasteiger partial charge in [-0.25, -0.2) is 9.97 Å². The number of hydrogen-bond acceptors (Lipinski definition) is 5. The third-order valence-corrected chi connectivity index (χ3v) is 6.31. The molecule has 2 aromatic carbocycles. The van der Waals surface area contributed by atoms with Gasteiger partial charge in [-0.1, -0.05) is 30.3 Å². The zero-order valence-electron chi connectivity index (χ0n) is 19.0. The average molecular weight is 487 g/mol. The van der Waals surface area contributed by atoms with E-state index in [1.54, 1.807) is 12.4 Å². The molecule has 36 heavy (non-hydrogen) atoms. The molecule has 180 valence electrons. The van der Waals surface area contributed by atoms with Gasteiger partial charge in [-0.3, -0.25) is 14.3 Å². The minimum absolute atomic E-state index is 0.190. The summed E-state index contributed by atoms with van der Waals surface area (Å²) in [6.45, 7) is -1.27. The fourth-order valence-corrected chi connectivity index (χ4v) is 4.37. The highest BCUT2D eigenvalue weighted by Crippen LogP contribution is 2.40. The van der Waals surface area contributed by atoms with Gasteiger partial charge < -0.3 is 5.32 Å². The summed E-state index contributed by atoms with van der Waals surface area (Å²) in [5.41, 5.74) is 3.56. The molecule has 3 heterocycles. The molecule has 1 N–H and O–H groups in total. The Kier molecular flexibility index (Phi) is 5.21. The van der Waals surface area contributed by atoms with Gasteiger partial charge in [-0.05, 0) is 54.2 Å². The van der Waals surface area contributed by atoms with E-state index in [4.69, 9.17) is 0 Å². The topological polar surface area (TPSA) is 72.7 Å². The highest BCUT2D eigenvalue weighted by atomic mass is 19.4. The van der Waals surface area contributed by atoms with Gasteiger partial charge in [0.25, 0.3) is 5.56 Å². The highest BCUT2D eigenvalue weighted by molar-refractivity contribution is 5.93. The SMILES string of the molecule is O=c1c(-c2ccc(C3CC3)cc2)c2nc(NCC(F)(F)F)ncc2cn1-c1ccc2ncccc2c1. The lowest BCUT2D eigenvalue weighted by atomic mass is 10.0. The molecular formula is C27H20F3N5O. The normalized spacial score (nSPS) is 13.9. The van der Waals surface area contributed by atoms with Crippen molar-refractivity contribution < 1.29 is 13.2 Å². The van der Waals surface area contributed by atoms with E-state index in [1.165, 1.54) is 16.3 Å². The molecule has 1 saturated carbocycles. The first kappa shape index (κ1) is 22.2. The Hall–Kier alpha value is -4.27. The third kappa shape index (κ3) is 4.28. The van der Waals surface area contributed by atoms with E-state index >= 15 is 0 Å². The van der Waals surface area contributed by atoms with E-state index in [0.717, 1.165) is 23.7 Å². The van der Waals surface area contributed by atoms with Gasteiger partial charge in [0.05, 0.1) is 16.6 Å². The summed E-state index contributed by atoms with van der Waals surface area (Å²) in [6.07, 6.45) is 2.63. The minimum atomic E-state index is -4.42. The summed E-state index contributed by atoms with van der Waals surface area (Å²) in [7, 11) is 0. The van der Waals surface area contributed by atoms with E-state index in [2.05, 4.69) is 20.3 Å². The summed E-state index contributed by atoms with van der Waals surface area (Å²) >= 11 is 0. The van der Waals surface area contributed by atoms with Gasteiger partial charge in [0.1, 0.15) is 6.54 Å². The Labute approximate surface area is 203 Å². The second-order valence-corrected chi connectivity index (χ2v) is 8.92. The predicted octanol–water partition coefficient (Wildman–Crippen LogP) is 5.85. The van der Waals surface area contributed by atoms with Crippen LogP contribution in [0.4, 0.5) is 19.1 Å². The van der Waals surface area contributed by atoms with Crippen LogP contribution in [0.2, 0.25) is 0 Å². The molecule has 3 aromatic heterocycles. The van der Waals surface area contributed by atoms with Crippen LogP contribution >= 0.6 is 0 Å². The van der Waals surface area contributed by atoms with Crippen LogP contribution < -0.4 is 10.9 Å². The van der Waals surface area contributed by atoms with Crippen molar-refractivity contribution in [2.24, 2.45) is 0 Å². The lowest BCUT2D eigenvalue weighted by molar-refractivity contribution is -0.115. The second kappa shape index (κ2) is 8.44. The first-order chi connectivity index (χ1) is 17.4. The first-order valence-corrected chi connectivity index (χ1v) is 11.5. The molecule has 0 radical (unpaired) electrons. The Bertz CT molecular complexity index is 1660. The quantitative estimate of drug-likeness (QED) is 0.337. The third-order valence-electron chi connectivity index (χ3n) is 6.31. The number of aromatic nitrogens is 4. The van der Waals surface area contributed by atoms with Gasteiger partial charge in [-0.15, -0.1) is 0 Å². The molecular weight excluding hydrogens is 467 g/mol. The lowest BCUT2D eigenvalue weighted by Crippen LogP contribution is -2.23. The average Bonchev–Trinajstić information content (AvgIpc) is 3.72. The molecule has 9 heteroatoms. The van der Waals surface area contributed by atoms with Crippen molar-refractivity contribution >= 4 is 27.8 Å². The fourth-order valence-electron chi connectivity index (χ4n) is 4.37. The number of nitrogens with zero attached hydrogens (tertiary/aromatic N) is 4. The van der Waals surface area contributed by atoms with Crippen LogP contribution in [-0.2, 0) is 0 Å². The van der Waals surface area contributed by atoms with Gasteiger partial charge in [0, 0.05) is 35.1 Å². The van der Waals surface area contributed by atoms with E-state index in [9.17, 15) is 18.0 Å². The van der Waals surface area contributed by atoms with Gasteiger partial charge >= 0.3 is 6.18 Å². The molecule has 0 bridgehead atoms. The zero-order valence-corrected chi connectivity index (χ0v) is 19.0. The maximum absolute atomic E-state index is 13.9. The van der Waals surface area contributed by atoms with Crippen LogP contribution in [0, 0.1) is 0 Å². The number of halogens is 3. The van der Waals surface area contributed by atoms with Crippen molar-refractivity contribution in [3.05, 3.63) is 89.1 Å². The number of anilines is 1. The van der Waals surface area contributed by atoms with Crippen LogP contribution in [-0.4, -0.2) is 32.2 Å². The number of alkyl halides is 3. The summed E-state index contributed by atoms with van der Waals surface area (Å²) in [4.78, 5) is 26.6. The van der Waals surface area contributed by atoms with Crippen molar-refractivity contribution in [2.45, 2.75) is 24.9 Å². The van der Waals surface area contributed by atoms with E-state index in [1.807, 2.05) is 54.6 Å². The minimum Gasteiger partial charge on any atom is -0.345 e. The fraction of sp³-hybridized carbons (Fsp3) is 0.185. The largest absolute Gasteiger partial charge is 0.405 e. The number of fused-ring (bicyclic) bond motifs is 2. The molecule has 1 aliphatic rings. The van der Waals surface area contributed by atoms with Crippen LogP contribution in [0.1, 0.15) is 24.3 Å². The van der Waals surface area contributed by atoms with E-state index < -0.39 is 12.7 Å². The van der Waals surface area contributed by atoms with Crippen molar-refractivity contribution in [3.63, 3.8) is 0 Å². The standard InChI is InChI=1S/C27H20F3N5O/c28-27(29,30)15-33-26-32-13-20-14-35(21-9-10-22-19(12-21)2-1-11-31-22)25(36)23(24(20)34-26)18-7-5-17(6-8-18)16-3-4-16/h1-2,5-14,16H,3-4,15H2,(H,33,34). The number of pyridine rings is 2. The number of rotatable bonds is 5. The van der Waals surface area contributed by atoms with Gasteiger partial charge in [0.15, 0.2) is 0 Å². The molecule has 0 aliphatic heterocycles. The van der Waals surface area contributed by atoms with Crippen LogP contribution in [0.15, 0.2) is 78.0 Å². The number of nitrogens with one attached hydrogen (secondary N) is 1. The van der Waals surface area contributed by atoms with Crippen molar-refractivity contribution in [2.75, 3.05) is 11.9 Å². The van der Waals surface area contributed by atoms with E-state index in [-0.39, 0.29) is 17.0 Å². The Balaban J connectivity index is 1.54. The predicted molar refractivity (Wildman–Crippen MR) is 132 cm³/mol. The maximum atomic E-state index is 13.9. The first-order valence-electron chi connectivity index (χ1n) is 11.5. The van der Waals surface area contributed by atoms with Crippen LogP contribution in [0.25, 0.3) is 38.6 Å². The lowest BCUT2D eigenvalue weighted by Gasteiger charge is -2.14. The zero-order chi connectivity index (χ0) is 24.9. The monoisotopic (exact) mass is 487 g/mol. The molecule has 1 aliphatic carbocycles. The van der Waals surface area contributed by atoms with Crippen molar-refractivity contribution in [1.82, 2.24) is 19.5 Å². The summed E-state index contributed by atoms with van der Waals surface area (Å²) in [5.74, 6) is 0.361. The second-order valence-electron chi connectivity index (χ2n) is 8.92. The molecule has 5 aromatic rings. The molecule has 6 nitrogen and oxygen atoms in total. The van der Waals surface area contributed by atoms with Crippen LogP contribution in [0.3, 0.4) is 0 Å². The number of hydrogen-bond donors (Lipinski definition) is 1. The molecule has 0 saturated heterocycles. The van der Waals surface area contributed by atoms with E-state index in [0.29, 0.717) is 28.1 Å². The summed E-state index contributed by atoms with van der Waals surface area (Å²) in [5, 5.41) is 3.61. The van der Waals surface area contributed by atoms with Crippen molar-refractivity contribution in [3.8, 4) is 16.8 Å². The maximum Gasteiger partial charge on any atom is 0.405 e. The molecule has 6 rings (SSSR count). The van der Waals surface area contributed by atoms with Crippen LogP contribution in [0.5, 0.6) is 0 Å². The molecule has 0 atom stereocenters. The molecule has 0 amide bonds. The molecule has 0 spiro atoms. The number of benzene rings is 2. The smallest absolute Gasteiger partial charge is 0.345 e. The highest BCUT2D eigenvalue weighted by Gasteiger charge is 2.27. The summed E-state index contributed by atoms with van der Waals surface area (Å²) < 4.78 is 39.8. The Morgan fingerprint density at radius 2 is 1.81 bits per heavy atom. The van der Waals surface area contributed by atoms with Gasteiger partial charge in [0.2, 0.25) is 5.95 Å². The van der Waals surface area contributed by atoms with Gasteiger partial charge in [-0.2, -0.15) is 13.2 Å². The Morgan fingerprint density at radius 3 is 2.56 bits per heavy atom. The summed E-state index contributed by atoms with van der Waals surface area (Å²) in [6, 6.07) is 17.0. The van der Waals surface area contributed by atoms with Crippen molar-refractivity contribution in [1.29, 1.82) is 0 Å². The molecule has 0 unspecified atom stereocenters. The Morgan fingerprint density at radius 1 is 1.00 bits per heavy atom. The molecule has 1 fully saturated rings.